The summed E-state index contributed by atoms with van der Waals surface area (Å²) < 4.78 is 16.8. The molecule has 1 aliphatic heterocycles. The summed E-state index contributed by atoms with van der Waals surface area (Å²) in [6.45, 7) is 8.46. The number of carbonyl (C=O) groups is 2. The summed E-state index contributed by atoms with van der Waals surface area (Å²) >= 11 is 0. The van der Waals surface area contributed by atoms with Gasteiger partial charge in [0, 0.05) is 12.1 Å². The van der Waals surface area contributed by atoms with Crippen LogP contribution in [0, 0.1) is 0 Å². The molecule has 0 radical (unpaired) electrons. The van der Waals surface area contributed by atoms with Gasteiger partial charge in [-0.2, -0.15) is 0 Å². The van der Waals surface area contributed by atoms with Crippen molar-refractivity contribution in [2.24, 2.45) is 0 Å². The van der Waals surface area contributed by atoms with E-state index in [-0.39, 0.29) is 17.4 Å². The van der Waals surface area contributed by atoms with E-state index in [4.69, 9.17) is 14.2 Å². The highest BCUT2D eigenvalue weighted by atomic mass is 16.5. The molecular weight excluding hydrogens is 422 g/mol. The maximum Gasteiger partial charge on any atom is 0.295 e. The number of likely N-dealkylation sites (tertiary alicyclic amines) is 1. The average Bonchev–Trinajstić information content (AvgIpc) is 3.04. The lowest BCUT2D eigenvalue weighted by atomic mass is 9.95. The van der Waals surface area contributed by atoms with Gasteiger partial charge in [-0.3, -0.25) is 9.59 Å². The number of carbonyl (C=O) groups excluding carboxylic acids is 2. The minimum Gasteiger partial charge on any atom is -0.507 e. The van der Waals surface area contributed by atoms with Gasteiger partial charge in [-0.05, 0) is 57.0 Å². The summed E-state index contributed by atoms with van der Waals surface area (Å²) in [6, 6.07) is 11.4. The van der Waals surface area contributed by atoms with Gasteiger partial charge in [0.2, 0.25) is 0 Å². The van der Waals surface area contributed by atoms with Crippen LogP contribution in [0.2, 0.25) is 0 Å². The lowest BCUT2D eigenvalue weighted by molar-refractivity contribution is -0.139. The zero-order chi connectivity index (χ0) is 24.1. The van der Waals surface area contributed by atoms with Crippen molar-refractivity contribution in [3.05, 3.63) is 59.2 Å². The fourth-order valence-corrected chi connectivity index (χ4v) is 3.97. The van der Waals surface area contributed by atoms with Crippen LogP contribution in [0.1, 0.15) is 51.3 Å². The quantitative estimate of drug-likeness (QED) is 0.336. The van der Waals surface area contributed by atoms with Gasteiger partial charge in [-0.1, -0.05) is 25.1 Å². The normalized spacial score (nSPS) is 17.5. The Bertz CT molecular complexity index is 1060. The van der Waals surface area contributed by atoms with Gasteiger partial charge in [0.25, 0.3) is 11.7 Å². The highest BCUT2D eigenvalue weighted by Gasteiger charge is 2.45. The Morgan fingerprint density at radius 1 is 1.09 bits per heavy atom. The summed E-state index contributed by atoms with van der Waals surface area (Å²) in [7, 11) is 1.53. The topological polar surface area (TPSA) is 85.3 Å². The number of amides is 1. The summed E-state index contributed by atoms with van der Waals surface area (Å²) in [5, 5.41) is 11.2. The summed E-state index contributed by atoms with van der Waals surface area (Å²) in [5.74, 6) is 0.0356. The van der Waals surface area contributed by atoms with Gasteiger partial charge in [0.1, 0.15) is 11.5 Å². The summed E-state index contributed by atoms with van der Waals surface area (Å²) in [4.78, 5) is 27.5. The Morgan fingerprint density at radius 2 is 1.85 bits per heavy atom. The van der Waals surface area contributed by atoms with Crippen molar-refractivity contribution in [3.8, 4) is 17.2 Å². The van der Waals surface area contributed by atoms with E-state index in [1.54, 1.807) is 42.5 Å². The number of hydrogen-bond donors (Lipinski definition) is 1. The van der Waals surface area contributed by atoms with Crippen LogP contribution in [-0.2, 0) is 9.59 Å². The maximum atomic E-state index is 13.1. The van der Waals surface area contributed by atoms with Crippen LogP contribution in [0.25, 0.3) is 5.76 Å². The Kier molecular flexibility index (Phi) is 7.63. The zero-order valence-corrected chi connectivity index (χ0v) is 19.8. The lowest BCUT2D eigenvalue weighted by Gasteiger charge is -2.25. The van der Waals surface area contributed by atoms with E-state index >= 15 is 0 Å². The molecule has 1 atom stereocenters. The van der Waals surface area contributed by atoms with Crippen LogP contribution in [0.15, 0.2) is 48.0 Å². The van der Waals surface area contributed by atoms with Crippen molar-refractivity contribution < 1.29 is 28.9 Å². The molecule has 1 unspecified atom stereocenters. The van der Waals surface area contributed by atoms with Gasteiger partial charge in [0.05, 0.1) is 31.4 Å². The SMILES string of the molecule is CCCN1C(=O)C(=O)/C(=C(\O)c2cccc(OC(C)C)c2)C1c1ccc(OCC)c(OC)c1. The molecule has 33 heavy (non-hydrogen) atoms. The number of nitrogens with zero attached hydrogens (tertiary/aromatic N) is 1. The minimum absolute atomic E-state index is 0.0429. The van der Waals surface area contributed by atoms with Crippen LogP contribution in [0.3, 0.4) is 0 Å². The van der Waals surface area contributed by atoms with Crippen molar-refractivity contribution in [1.29, 1.82) is 0 Å². The Balaban J connectivity index is 2.16. The zero-order valence-electron chi connectivity index (χ0n) is 19.8. The molecule has 3 rings (SSSR count). The fraction of sp³-hybridized carbons (Fsp3) is 0.385. The molecule has 2 aromatic rings. The Labute approximate surface area is 194 Å². The van der Waals surface area contributed by atoms with Crippen molar-refractivity contribution in [3.63, 3.8) is 0 Å². The molecule has 0 bridgehead atoms. The Morgan fingerprint density at radius 3 is 2.48 bits per heavy atom. The number of hydrogen-bond acceptors (Lipinski definition) is 6. The van der Waals surface area contributed by atoms with Crippen LogP contribution in [0.5, 0.6) is 17.2 Å². The minimum atomic E-state index is -0.746. The first-order valence-electron chi connectivity index (χ1n) is 11.2. The van der Waals surface area contributed by atoms with Crippen molar-refractivity contribution >= 4 is 17.4 Å². The molecular formula is C26H31NO6. The van der Waals surface area contributed by atoms with Gasteiger partial charge in [-0.25, -0.2) is 0 Å². The van der Waals surface area contributed by atoms with Crippen LogP contribution in [-0.4, -0.2) is 48.1 Å². The molecule has 2 aromatic carbocycles. The number of aliphatic hydroxyl groups is 1. The Hall–Kier alpha value is -3.48. The predicted octanol–water partition coefficient (Wildman–Crippen LogP) is 4.71. The maximum absolute atomic E-state index is 13.1. The first kappa shape index (κ1) is 24.2. The third-order valence-corrected chi connectivity index (χ3v) is 5.29. The van der Waals surface area contributed by atoms with Crippen molar-refractivity contribution in [2.45, 2.75) is 46.3 Å². The monoisotopic (exact) mass is 453 g/mol. The molecule has 1 N–H and O–H groups in total. The lowest BCUT2D eigenvalue weighted by Crippen LogP contribution is -2.30. The van der Waals surface area contributed by atoms with E-state index in [9.17, 15) is 14.7 Å². The van der Waals surface area contributed by atoms with Gasteiger partial charge in [-0.15, -0.1) is 0 Å². The number of methoxy groups -OCH3 is 1. The van der Waals surface area contributed by atoms with E-state index < -0.39 is 17.7 Å². The van der Waals surface area contributed by atoms with Gasteiger partial charge in [0.15, 0.2) is 11.5 Å². The van der Waals surface area contributed by atoms with Crippen LogP contribution < -0.4 is 14.2 Å². The smallest absolute Gasteiger partial charge is 0.295 e. The molecule has 0 aliphatic carbocycles. The molecule has 1 heterocycles. The number of aliphatic hydroxyl groups excluding tert-OH is 1. The molecule has 7 nitrogen and oxygen atoms in total. The number of benzene rings is 2. The van der Waals surface area contributed by atoms with E-state index in [2.05, 4.69) is 0 Å². The van der Waals surface area contributed by atoms with Crippen LogP contribution >= 0.6 is 0 Å². The predicted molar refractivity (Wildman–Crippen MR) is 126 cm³/mol. The second-order valence-electron chi connectivity index (χ2n) is 8.03. The molecule has 1 fully saturated rings. The third kappa shape index (κ3) is 4.97. The fourth-order valence-electron chi connectivity index (χ4n) is 3.97. The summed E-state index contributed by atoms with van der Waals surface area (Å²) in [5.41, 5.74) is 1.10. The largest absolute Gasteiger partial charge is 0.507 e. The summed E-state index contributed by atoms with van der Waals surface area (Å²) in [6.07, 6.45) is 0.615. The van der Waals surface area contributed by atoms with Crippen molar-refractivity contribution in [1.82, 2.24) is 4.90 Å². The number of ether oxygens (including phenoxy) is 3. The first-order valence-corrected chi connectivity index (χ1v) is 11.2. The van der Waals surface area contributed by atoms with E-state index in [1.165, 1.54) is 12.0 Å². The second-order valence-corrected chi connectivity index (χ2v) is 8.03. The van der Waals surface area contributed by atoms with E-state index in [1.807, 2.05) is 27.7 Å². The van der Waals surface area contributed by atoms with Gasteiger partial charge < -0.3 is 24.2 Å². The first-order chi connectivity index (χ1) is 15.8. The standard InChI is InChI=1S/C26H31NO6/c1-6-13-27-23(17-11-12-20(32-7-2)21(15-17)31-5)22(25(29)26(27)30)24(28)18-9-8-10-19(14-18)33-16(3)4/h8-12,14-16,23,28H,6-7,13H2,1-5H3/b24-22-. The highest BCUT2D eigenvalue weighted by molar-refractivity contribution is 6.46. The van der Waals surface area contributed by atoms with Crippen molar-refractivity contribution in [2.75, 3.05) is 20.3 Å². The second kappa shape index (κ2) is 10.4. The molecule has 0 spiro atoms. The average molecular weight is 454 g/mol. The number of rotatable bonds is 9. The molecule has 176 valence electrons. The highest BCUT2D eigenvalue weighted by Crippen LogP contribution is 2.42. The van der Waals surface area contributed by atoms with E-state index in [0.29, 0.717) is 47.9 Å². The molecule has 1 amide bonds. The van der Waals surface area contributed by atoms with Gasteiger partial charge >= 0.3 is 0 Å². The van der Waals surface area contributed by atoms with Crippen LogP contribution in [0.4, 0.5) is 0 Å². The third-order valence-electron chi connectivity index (χ3n) is 5.29. The number of Topliss-reactive ketones (excluding diaryl/α,β-unsaturated/α-hetero) is 1. The van der Waals surface area contributed by atoms with E-state index in [0.717, 1.165) is 0 Å². The number of ketones is 1. The molecule has 1 saturated heterocycles. The molecule has 0 saturated carbocycles. The molecule has 0 aromatic heterocycles. The molecule has 7 heteroatoms. The molecule has 1 aliphatic rings.